The van der Waals surface area contributed by atoms with Gasteiger partial charge in [-0.05, 0) is 44.0 Å². The van der Waals surface area contributed by atoms with Gasteiger partial charge in [-0.15, -0.1) is 11.3 Å². The lowest BCUT2D eigenvalue weighted by Gasteiger charge is -2.21. The first-order valence-corrected chi connectivity index (χ1v) is 9.10. The van der Waals surface area contributed by atoms with Gasteiger partial charge in [0.15, 0.2) is 11.7 Å². The Morgan fingerprint density at radius 3 is 2.33 bits per heavy atom. The largest absolute Gasteiger partial charge is 0.484 e. The highest BCUT2D eigenvalue weighted by Gasteiger charge is 2.13. The molecule has 0 aliphatic heterocycles. The van der Waals surface area contributed by atoms with E-state index in [1.807, 2.05) is 36.1 Å². The van der Waals surface area contributed by atoms with Gasteiger partial charge in [0.1, 0.15) is 5.75 Å². The number of carbonyl (C=O) groups is 1. The standard InChI is InChI=1S/C18H25N3O2S/c1-4-10-21(11-5-2)16(22)12-23-15-8-6-14(7-9-15)17-13(3)24-18(19)20-17/h6-9H,4-5,10-12H2,1-3H3,(H2,19,20). The van der Waals surface area contributed by atoms with Crippen LogP contribution in [-0.4, -0.2) is 35.5 Å². The molecule has 0 aliphatic rings. The van der Waals surface area contributed by atoms with Gasteiger partial charge >= 0.3 is 0 Å². The molecule has 2 rings (SSSR count). The first-order chi connectivity index (χ1) is 11.5. The van der Waals surface area contributed by atoms with Gasteiger partial charge in [-0.25, -0.2) is 4.98 Å². The van der Waals surface area contributed by atoms with E-state index in [4.69, 9.17) is 10.5 Å². The van der Waals surface area contributed by atoms with Crippen molar-refractivity contribution in [3.8, 4) is 17.0 Å². The molecule has 6 heteroatoms. The maximum Gasteiger partial charge on any atom is 0.260 e. The van der Waals surface area contributed by atoms with Gasteiger partial charge in [-0.1, -0.05) is 13.8 Å². The zero-order valence-corrected chi connectivity index (χ0v) is 15.4. The van der Waals surface area contributed by atoms with Crippen molar-refractivity contribution in [2.24, 2.45) is 0 Å². The smallest absolute Gasteiger partial charge is 0.260 e. The zero-order chi connectivity index (χ0) is 17.5. The molecule has 1 heterocycles. The molecule has 0 fully saturated rings. The number of anilines is 1. The van der Waals surface area contributed by atoms with Gasteiger partial charge < -0.3 is 15.4 Å². The average molecular weight is 347 g/mol. The van der Waals surface area contributed by atoms with Crippen LogP contribution in [0.3, 0.4) is 0 Å². The highest BCUT2D eigenvalue weighted by atomic mass is 32.1. The van der Waals surface area contributed by atoms with E-state index in [9.17, 15) is 4.79 Å². The molecule has 130 valence electrons. The second-order valence-electron chi connectivity index (χ2n) is 5.65. The van der Waals surface area contributed by atoms with Crippen LogP contribution in [0, 0.1) is 6.92 Å². The third-order valence-electron chi connectivity index (χ3n) is 3.64. The van der Waals surface area contributed by atoms with E-state index in [0.717, 1.165) is 42.1 Å². The average Bonchev–Trinajstić information content (AvgIpc) is 2.91. The van der Waals surface area contributed by atoms with Crippen molar-refractivity contribution in [3.63, 3.8) is 0 Å². The highest BCUT2D eigenvalue weighted by molar-refractivity contribution is 7.15. The van der Waals surface area contributed by atoms with Crippen LogP contribution in [-0.2, 0) is 4.79 Å². The third-order valence-corrected chi connectivity index (χ3v) is 4.44. The van der Waals surface area contributed by atoms with Gasteiger partial charge in [0, 0.05) is 23.5 Å². The number of carbonyl (C=O) groups excluding carboxylic acids is 1. The number of rotatable bonds is 8. The van der Waals surface area contributed by atoms with Crippen molar-refractivity contribution in [1.82, 2.24) is 9.88 Å². The fraction of sp³-hybridized carbons (Fsp3) is 0.444. The van der Waals surface area contributed by atoms with E-state index in [0.29, 0.717) is 10.9 Å². The van der Waals surface area contributed by atoms with Crippen LogP contribution in [0.2, 0.25) is 0 Å². The third kappa shape index (κ3) is 4.71. The van der Waals surface area contributed by atoms with Crippen molar-refractivity contribution < 1.29 is 9.53 Å². The number of hydrogen-bond donors (Lipinski definition) is 1. The van der Waals surface area contributed by atoms with Crippen LogP contribution >= 0.6 is 11.3 Å². The van der Waals surface area contributed by atoms with Crippen LogP contribution < -0.4 is 10.5 Å². The maximum atomic E-state index is 12.2. The summed E-state index contributed by atoms with van der Waals surface area (Å²) in [6.45, 7) is 7.77. The summed E-state index contributed by atoms with van der Waals surface area (Å²) in [6, 6.07) is 7.61. The van der Waals surface area contributed by atoms with Crippen molar-refractivity contribution >= 4 is 22.4 Å². The summed E-state index contributed by atoms with van der Waals surface area (Å²) >= 11 is 1.48. The minimum atomic E-state index is 0.0332. The molecule has 24 heavy (non-hydrogen) atoms. The Kier molecular flexibility index (Phi) is 6.61. The van der Waals surface area contributed by atoms with Gasteiger partial charge in [0.2, 0.25) is 0 Å². The molecule has 2 N–H and O–H groups in total. The van der Waals surface area contributed by atoms with Gasteiger partial charge in [0.05, 0.1) is 5.69 Å². The lowest BCUT2D eigenvalue weighted by molar-refractivity contribution is -0.133. The molecule has 0 saturated heterocycles. The molecule has 1 amide bonds. The molecule has 0 aliphatic carbocycles. The minimum Gasteiger partial charge on any atom is -0.484 e. The van der Waals surface area contributed by atoms with Crippen molar-refractivity contribution in [2.45, 2.75) is 33.6 Å². The lowest BCUT2D eigenvalue weighted by atomic mass is 10.1. The molecule has 0 saturated carbocycles. The lowest BCUT2D eigenvalue weighted by Crippen LogP contribution is -2.36. The fourth-order valence-electron chi connectivity index (χ4n) is 2.53. The van der Waals surface area contributed by atoms with Gasteiger partial charge in [-0.2, -0.15) is 0 Å². The number of thiazole rings is 1. The zero-order valence-electron chi connectivity index (χ0n) is 14.5. The maximum absolute atomic E-state index is 12.2. The second kappa shape index (κ2) is 8.68. The van der Waals surface area contributed by atoms with Crippen LogP contribution in [0.25, 0.3) is 11.3 Å². The summed E-state index contributed by atoms with van der Waals surface area (Å²) in [6.07, 6.45) is 1.91. The second-order valence-corrected chi connectivity index (χ2v) is 6.89. The summed E-state index contributed by atoms with van der Waals surface area (Å²) in [5, 5.41) is 0.570. The first kappa shape index (κ1) is 18.3. The van der Waals surface area contributed by atoms with Crippen molar-refractivity contribution in [1.29, 1.82) is 0 Å². The fourth-order valence-corrected chi connectivity index (χ4v) is 3.24. The van der Waals surface area contributed by atoms with Gasteiger partial charge in [-0.3, -0.25) is 4.79 Å². The Balaban J connectivity index is 1.96. The van der Waals surface area contributed by atoms with Gasteiger partial charge in [0.25, 0.3) is 5.91 Å². The van der Waals surface area contributed by atoms with E-state index in [1.54, 1.807) is 0 Å². The summed E-state index contributed by atoms with van der Waals surface area (Å²) in [4.78, 5) is 19.5. The quantitative estimate of drug-likeness (QED) is 0.790. The molecule has 0 spiro atoms. The van der Waals surface area contributed by atoms with Crippen molar-refractivity contribution in [2.75, 3.05) is 25.4 Å². The number of nitrogens with two attached hydrogens (primary N) is 1. The molecule has 0 unspecified atom stereocenters. The first-order valence-electron chi connectivity index (χ1n) is 8.29. The van der Waals surface area contributed by atoms with Crippen LogP contribution in [0.5, 0.6) is 5.75 Å². The van der Waals surface area contributed by atoms with Crippen LogP contribution in [0.4, 0.5) is 5.13 Å². The minimum absolute atomic E-state index is 0.0332. The number of amides is 1. The monoisotopic (exact) mass is 347 g/mol. The van der Waals surface area contributed by atoms with E-state index >= 15 is 0 Å². The molecular formula is C18H25N3O2S. The van der Waals surface area contributed by atoms with E-state index in [2.05, 4.69) is 18.8 Å². The van der Waals surface area contributed by atoms with E-state index in [1.165, 1.54) is 11.3 Å². The molecule has 1 aromatic heterocycles. The Morgan fingerprint density at radius 1 is 1.21 bits per heavy atom. The Bertz CT molecular complexity index is 661. The summed E-state index contributed by atoms with van der Waals surface area (Å²) in [7, 11) is 0. The number of nitrogen functional groups attached to an aromatic ring is 1. The predicted molar refractivity (Wildman–Crippen MR) is 99.4 cm³/mol. The number of hydrogen-bond acceptors (Lipinski definition) is 5. The van der Waals surface area contributed by atoms with Crippen LogP contribution in [0.1, 0.15) is 31.6 Å². The number of aromatic nitrogens is 1. The van der Waals surface area contributed by atoms with Crippen LogP contribution in [0.15, 0.2) is 24.3 Å². The normalized spacial score (nSPS) is 10.6. The van der Waals surface area contributed by atoms with Crippen molar-refractivity contribution in [3.05, 3.63) is 29.1 Å². The highest BCUT2D eigenvalue weighted by Crippen LogP contribution is 2.29. The van der Waals surface area contributed by atoms with E-state index < -0.39 is 0 Å². The predicted octanol–water partition coefficient (Wildman–Crippen LogP) is 3.73. The molecular weight excluding hydrogens is 322 g/mol. The number of ether oxygens (including phenoxy) is 1. The van der Waals surface area contributed by atoms with E-state index in [-0.39, 0.29) is 12.5 Å². The molecule has 2 aromatic rings. The number of benzene rings is 1. The Morgan fingerprint density at radius 2 is 1.83 bits per heavy atom. The molecule has 1 aromatic carbocycles. The SMILES string of the molecule is CCCN(CCC)C(=O)COc1ccc(-c2nc(N)sc2C)cc1. The number of aryl methyl sites for hydroxylation is 1. The topological polar surface area (TPSA) is 68.5 Å². The molecule has 0 radical (unpaired) electrons. The molecule has 5 nitrogen and oxygen atoms in total. The summed E-state index contributed by atoms with van der Waals surface area (Å²) < 4.78 is 5.63. The molecule has 0 bridgehead atoms. The summed E-state index contributed by atoms with van der Waals surface area (Å²) in [5.74, 6) is 0.715. The molecule has 0 atom stereocenters. The Labute approximate surface area is 147 Å². The number of nitrogens with zero attached hydrogens (tertiary/aromatic N) is 2. The summed E-state index contributed by atoms with van der Waals surface area (Å²) in [5.41, 5.74) is 7.64. The Hall–Kier alpha value is -2.08.